The molecule has 0 aliphatic carbocycles. The number of nitrogens with one attached hydrogen (secondary N) is 1. The number of pyridine rings is 1. The largest absolute Gasteiger partial charge is 0.312 e. The van der Waals surface area contributed by atoms with Gasteiger partial charge in [-0.15, -0.1) is 0 Å². The normalized spacial score (nSPS) is 16.0. The Morgan fingerprint density at radius 1 is 1.22 bits per heavy atom. The highest BCUT2D eigenvalue weighted by Gasteiger charge is 2.26. The topological polar surface area (TPSA) is 37.8 Å². The predicted molar refractivity (Wildman–Crippen MR) is 76.3 cm³/mol. The fourth-order valence-electron chi connectivity index (χ4n) is 2.76. The summed E-state index contributed by atoms with van der Waals surface area (Å²) in [4.78, 5) is 6.01. The molecular weight excluding hydrogens is 242 g/mol. The summed E-state index contributed by atoms with van der Waals surface area (Å²) in [6.07, 6.45) is 1.08. The van der Waals surface area contributed by atoms with Crippen molar-refractivity contribution < 1.29 is 0 Å². The smallest absolute Gasteiger partial charge is 0.144 e. The number of hydrogen-bond donors (Lipinski definition) is 1. The van der Waals surface area contributed by atoms with E-state index in [-0.39, 0.29) is 5.41 Å². The molecule has 0 amide bonds. The Bertz CT molecular complexity index is 608. The molecule has 0 fully saturated rings. The van der Waals surface area contributed by atoms with Gasteiger partial charge in [0.05, 0.1) is 11.4 Å². The minimum Gasteiger partial charge on any atom is -0.312 e. The van der Waals surface area contributed by atoms with Gasteiger partial charge in [-0.2, -0.15) is 4.37 Å². The van der Waals surface area contributed by atoms with E-state index in [2.05, 4.69) is 37.4 Å². The van der Waals surface area contributed by atoms with Gasteiger partial charge in [-0.05, 0) is 42.5 Å². The number of nitrogens with zero attached hydrogens (tertiary/aromatic N) is 2. The number of fused-ring (bicyclic) bond motifs is 3. The van der Waals surface area contributed by atoms with Crippen molar-refractivity contribution in [1.29, 1.82) is 0 Å². The summed E-state index contributed by atoms with van der Waals surface area (Å²) in [6, 6.07) is 0. The third-order valence-corrected chi connectivity index (χ3v) is 4.41. The van der Waals surface area contributed by atoms with Gasteiger partial charge in [0.15, 0.2) is 0 Å². The molecule has 2 aromatic rings. The molecule has 0 spiro atoms. The molecule has 0 atom stereocenters. The first-order valence-corrected chi connectivity index (χ1v) is 7.25. The minimum absolute atomic E-state index is 0.105. The van der Waals surface area contributed by atoms with Crippen LogP contribution in [0, 0.1) is 6.92 Å². The quantitative estimate of drug-likeness (QED) is 0.792. The van der Waals surface area contributed by atoms with Gasteiger partial charge in [-0.1, -0.05) is 20.8 Å². The molecule has 0 saturated carbocycles. The Balaban J connectivity index is 2.38. The van der Waals surface area contributed by atoms with E-state index >= 15 is 0 Å². The number of rotatable bonds is 0. The molecule has 0 bridgehead atoms. The van der Waals surface area contributed by atoms with Crippen molar-refractivity contribution in [1.82, 2.24) is 14.7 Å². The zero-order chi connectivity index (χ0) is 12.9. The van der Waals surface area contributed by atoms with Crippen LogP contribution in [0.25, 0.3) is 10.2 Å². The molecule has 3 rings (SSSR count). The van der Waals surface area contributed by atoms with Crippen molar-refractivity contribution in [3.63, 3.8) is 0 Å². The summed E-state index contributed by atoms with van der Waals surface area (Å²) in [7, 11) is 0. The van der Waals surface area contributed by atoms with Gasteiger partial charge in [0.25, 0.3) is 0 Å². The molecule has 96 valence electrons. The average molecular weight is 261 g/mol. The fourth-order valence-corrected chi connectivity index (χ4v) is 3.56. The molecule has 0 aromatic carbocycles. The molecule has 0 unspecified atom stereocenters. The van der Waals surface area contributed by atoms with Crippen molar-refractivity contribution in [2.24, 2.45) is 0 Å². The van der Waals surface area contributed by atoms with Gasteiger partial charge in [0, 0.05) is 17.3 Å². The third-order valence-electron chi connectivity index (χ3n) is 3.57. The first-order chi connectivity index (χ1) is 8.48. The lowest BCUT2D eigenvalue weighted by Crippen LogP contribution is -2.28. The van der Waals surface area contributed by atoms with Crippen molar-refractivity contribution in [3.05, 3.63) is 22.5 Å². The molecule has 2 aromatic heterocycles. The van der Waals surface area contributed by atoms with Crippen LogP contribution in [0.3, 0.4) is 0 Å². The van der Waals surface area contributed by atoms with E-state index in [0.29, 0.717) is 0 Å². The summed E-state index contributed by atoms with van der Waals surface area (Å²) in [5, 5.41) is 4.77. The van der Waals surface area contributed by atoms with Gasteiger partial charge in [0.2, 0.25) is 0 Å². The first-order valence-electron chi connectivity index (χ1n) is 6.47. The zero-order valence-electron chi connectivity index (χ0n) is 11.4. The summed E-state index contributed by atoms with van der Waals surface area (Å²) >= 11 is 1.53. The fraction of sp³-hybridized carbons (Fsp3) is 0.571. The van der Waals surface area contributed by atoms with Gasteiger partial charge < -0.3 is 5.32 Å². The lowest BCUT2D eigenvalue weighted by molar-refractivity contribution is 0.547. The van der Waals surface area contributed by atoms with Crippen molar-refractivity contribution in [3.8, 4) is 0 Å². The second kappa shape index (κ2) is 4.00. The lowest BCUT2D eigenvalue weighted by atomic mass is 9.84. The van der Waals surface area contributed by atoms with Crippen LogP contribution >= 0.6 is 11.5 Å². The molecule has 1 N–H and O–H groups in total. The molecule has 1 aliphatic rings. The first kappa shape index (κ1) is 12.1. The average Bonchev–Trinajstić information content (AvgIpc) is 2.69. The standard InChI is InChI=1S/C14H19N3S/c1-8-11-10-7-15-6-5-9(10)12(14(2,3)4)16-13(11)18-17-8/h15H,5-7H2,1-4H3. The Hall–Kier alpha value is -1.00. The molecular formula is C14H19N3S. The molecule has 4 heteroatoms. The van der Waals surface area contributed by atoms with Crippen molar-refractivity contribution in [2.75, 3.05) is 6.54 Å². The van der Waals surface area contributed by atoms with Gasteiger partial charge >= 0.3 is 0 Å². The van der Waals surface area contributed by atoms with E-state index < -0.39 is 0 Å². The highest BCUT2D eigenvalue weighted by atomic mass is 32.1. The maximum Gasteiger partial charge on any atom is 0.144 e. The molecule has 0 radical (unpaired) electrons. The van der Waals surface area contributed by atoms with Crippen LogP contribution in [-0.2, 0) is 18.4 Å². The van der Waals surface area contributed by atoms with Crippen molar-refractivity contribution >= 4 is 21.7 Å². The van der Waals surface area contributed by atoms with Gasteiger partial charge in [0.1, 0.15) is 4.83 Å². The van der Waals surface area contributed by atoms with Crippen molar-refractivity contribution in [2.45, 2.75) is 46.1 Å². The van der Waals surface area contributed by atoms with Crippen LogP contribution in [0.4, 0.5) is 0 Å². The molecule has 0 saturated heterocycles. The summed E-state index contributed by atoms with van der Waals surface area (Å²) in [5.41, 5.74) is 5.38. The van der Waals surface area contributed by atoms with Crippen LogP contribution in [0.5, 0.6) is 0 Å². The number of hydrogen-bond acceptors (Lipinski definition) is 4. The third kappa shape index (κ3) is 1.75. The van der Waals surface area contributed by atoms with Crippen LogP contribution in [0.1, 0.15) is 43.3 Å². The van der Waals surface area contributed by atoms with E-state index in [1.54, 1.807) is 0 Å². The SMILES string of the molecule is Cc1nsc2nc(C(C)(C)C)c3c(c12)CNCC3. The van der Waals surface area contributed by atoms with E-state index in [1.165, 1.54) is 33.7 Å². The number of aryl methyl sites for hydroxylation is 1. The van der Waals surface area contributed by atoms with E-state index in [4.69, 9.17) is 4.98 Å². The molecule has 1 aliphatic heterocycles. The summed E-state index contributed by atoms with van der Waals surface area (Å²) in [6.45, 7) is 10.8. The van der Waals surface area contributed by atoms with Crippen LogP contribution in [0.2, 0.25) is 0 Å². The summed E-state index contributed by atoms with van der Waals surface area (Å²) in [5.74, 6) is 0. The Morgan fingerprint density at radius 3 is 2.72 bits per heavy atom. The highest BCUT2D eigenvalue weighted by molar-refractivity contribution is 7.13. The molecule has 3 heterocycles. The Morgan fingerprint density at radius 2 is 2.00 bits per heavy atom. The molecule has 18 heavy (non-hydrogen) atoms. The maximum atomic E-state index is 4.91. The van der Waals surface area contributed by atoms with Gasteiger partial charge in [-0.25, -0.2) is 4.98 Å². The zero-order valence-corrected chi connectivity index (χ0v) is 12.2. The second-order valence-electron chi connectivity index (χ2n) is 6.04. The monoisotopic (exact) mass is 261 g/mol. The van der Waals surface area contributed by atoms with Gasteiger partial charge in [-0.3, -0.25) is 0 Å². The van der Waals surface area contributed by atoms with E-state index in [0.717, 1.165) is 30.0 Å². The number of aromatic nitrogens is 2. The van der Waals surface area contributed by atoms with Crippen LogP contribution in [0.15, 0.2) is 0 Å². The Kier molecular flexibility index (Phi) is 2.68. The predicted octanol–water partition coefficient (Wildman–Crippen LogP) is 2.94. The van der Waals surface area contributed by atoms with E-state index in [9.17, 15) is 0 Å². The lowest BCUT2D eigenvalue weighted by Gasteiger charge is -2.27. The maximum absolute atomic E-state index is 4.91. The van der Waals surface area contributed by atoms with E-state index in [1.807, 2.05) is 0 Å². The van der Waals surface area contributed by atoms with Crippen LogP contribution < -0.4 is 5.32 Å². The molecule has 3 nitrogen and oxygen atoms in total. The highest BCUT2D eigenvalue weighted by Crippen LogP contribution is 2.35. The van der Waals surface area contributed by atoms with Crippen LogP contribution in [-0.4, -0.2) is 15.9 Å². The summed E-state index contributed by atoms with van der Waals surface area (Å²) < 4.78 is 4.48. The minimum atomic E-state index is 0.105. The second-order valence-corrected chi connectivity index (χ2v) is 6.79. The Labute approximate surface area is 112 Å².